The highest BCUT2D eigenvalue weighted by Crippen LogP contribution is 2.47. The molecule has 1 fully saturated rings. The first kappa shape index (κ1) is 18.4. The van der Waals surface area contributed by atoms with Gasteiger partial charge in [-0.05, 0) is 29.9 Å². The number of rotatable bonds is 4. The Kier molecular flexibility index (Phi) is 4.28. The first-order valence-electron chi connectivity index (χ1n) is 9.72. The summed E-state index contributed by atoms with van der Waals surface area (Å²) in [5, 5.41) is 31.4. The van der Waals surface area contributed by atoms with Crippen LogP contribution in [0.3, 0.4) is 0 Å². The van der Waals surface area contributed by atoms with E-state index >= 15 is 0 Å². The van der Waals surface area contributed by atoms with E-state index in [4.69, 9.17) is 10.5 Å². The number of ether oxygens (including phenoxy) is 1. The maximum absolute atomic E-state index is 11.1. The fourth-order valence-electron chi connectivity index (χ4n) is 4.82. The summed E-state index contributed by atoms with van der Waals surface area (Å²) in [6.07, 6.45) is 1.64. The van der Waals surface area contributed by atoms with E-state index in [0.717, 1.165) is 12.8 Å². The van der Waals surface area contributed by atoms with Crippen LogP contribution in [-0.4, -0.2) is 59.8 Å². The van der Waals surface area contributed by atoms with E-state index in [0.29, 0.717) is 17.6 Å². The van der Waals surface area contributed by atoms with E-state index in [1.54, 1.807) is 4.57 Å². The SMILES string of the molecule is Nc1ncnc2c1ncn2[C@]1(CC2CCc3ccccc32)O[C@H](CO)[C@@H](O)[C@H]1O. The Morgan fingerprint density at radius 1 is 1.21 bits per heavy atom. The van der Waals surface area contributed by atoms with Crippen molar-refractivity contribution in [3.8, 4) is 0 Å². The van der Waals surface area contributed by atoms with Gasteiger partial charge in [0, 0.05) is 6.42 Å². The number of benzene rings is 1. The lowest BCUT2D eigenvalue weighted by atomic mass is 9.87. The average Bonchev–Trinajstić information content (AvgIpc) is 3.41. The van der Waals surface area contributed by atoms with Crippen LogP contribution in [0.5, 0.6) is 0 Å². The molecule has 0 amide bonds. The zero-order valence-electron chi connectivity index (χ0n) is 15.7. The molecule has 9 nitrogen and oxygen atoms in total. The number of nitrogen functional groups attached to an aromatic ring is 1. The number of aliphatic hydroxyl groups is 3. The van der Waals surface area contributed by atoms with Crippen molar-refractivity contribution in [3.05, 3.63) is 48.0 Å². The van der Waals surface area contributed by atoms with Gasteiger partial charge in [-0.1, -0.05) is 24.3 Å². The molecule has 3 heterocycles. The van der Waals surface area contributed by atoms with Crippen molar-refractivity contribution >= 4 is 17.0 Å². The number of fused-ring (bicyclic) bond motifs is 2. The van der Waals surface area contributed by atoms with Crippen LogP contribution in [0.15, 0.2) is 36.9 Å². The summed E-state index contributed by atoms with van der Waals surface area (Å²) in [6, 6.07) is 8.22. The molecule has 3 aromatic rings. The van der Waals surface area contributed by atoms with Gasteiger partial charge in [0.25, 0.3) is 0 Å². The molecule has 1 aliphatic heterocycles. The molecule has 9 heteroatoms. The second kappa shape index (κ2) is 6.74. The molecule has 0 spiro atoms. The number of imidazole rings is 1. The van der Waals surface area contributed by atoms with Crippen molar-refractivity contribution < 1.29 is 20.1 Å². The molecule has 0 radical (unpaired) electrons. The molecule has 5 atom stereocenters. The number of hydrogen-bond donors (Lipinski definition) is 4. The molecule has 152 valence electrons. The fourth-order valence-corrected chi connectivity index (χ4v) is 4.82. The molecule has 5 N–H and O–H groups in total. The van der Waals surface area contributed by atoms with Crippen LogP contribution >= 0.6 is 0 Å². The maximum atomic E-state index is 11.1. The van der Waals surface area contributed by atoms with Gasteiger partial charge in [0.05, 0.1) is 12.9 Å². The first-order valence-corrected chi connectivity index (χ1v) is 9.72. The van der Waals surface area contributed by atoms with Crippen molar-refractivity contribution in [1.82, 2.24) is 19.5 Å². The lowest BCUT2D eigenvalue weighted by Gasteiger charge is -2.36. The molecule has 2 aliphatic rings. The summed E-state index contributed by atoms with van der Waals surface area (Å²) < 4.78 is 7.79. The Bertz CT molecular complexity index is 1060. The molecule has 1 aliphatic carbocycles. The lowest BCUT2D eigenvalue weighted by molar-refractivity contribution is -0.153. The Labute approximate surface area is 166 Å². The van der Waals surface area contributed by atoms with Crippen LogP contribution in [0.2, 0.25) is 0 Å². The number of anilines is 1. The average molecular weight is 397 g/mol. The normalized spacial score (nSPS) is 31.4. The topological polar surface area (TPSA) is 140 Å². The summed E-state index contributed by atoms with van der Waals surface area (Å²) >= 11 is 0. The minimum Gasteiger partial charge on any atom is -0.394 e. The van der Waals surface area contributed by atoms with E-state index in [1.165, 1.54) is 23.8 Å². The minimum absolute atomic E-state index is 0.113. The number of nitrogens with zero attached hydrogens (tertiary/aromatic N) is 4. The molecule has 0 bridgehead atoms. The highest BCUT2D eigenvalue weighted by molar-refractivity contribution is 5.81. The monoisotopic (exact) mass is 397 g/mol. The summed E-state index contributed by atoms with van der Waals surface area (Å²) in [4.78, 5) is 12.6. The summed E-state index contributed by atoms with van der Waals surface area (Å²) in [5.74, 6) is 0.337. The number of aromatic nitrogens is 4. The molecule has 2 aromatic heterocycles. The number of aryl methyl sites for hydroxylation is 1. The molecule has 5 rings (SSSR count). The van der Waals surface area contributed by atoms with Gasteiger partial charge in [-0.2, -0.15) is 0 Å². The summed E-state index contributed by atoms with van der Waals surface area (Å²) in [7, 11) is 0. The number of nitrogens with two attached hydrogens (primary N) is 1. The van der Waals surface area contributed by atoms with E-state index < -0.39 is 30.6 Å². The molecule has 0 saturated carbocycles. The third-order valence-electron chi connectivity index (χ3n) is 6.27. The molecule has 1 aromatic carbocycles. The molecule has 1 saturated heterocycles. The van der Waals surface area contributed by atoms with Crippen LogP contribution < -0.4 is 5.73 Å². The summed E-state index contributed by atoms with van der Waals surface area (Å²) in [6.45, 7) is -0.412. The van der Waals surface area contributed by atoms with Crippen LogP contribution in [0.25, 0.3) is 11.2 Å². The first-order chi connectivity index (χ1) is 14.0. The van der Waals surface area contributed by atoms with E-state index in [9.17, 15) is 15.3 Å². The van der Waals surface area contributed by atoms with E-state index in [1.807, 2.05) is 12.1 Å². The van der Waals surface area contributed by atoms with Gasteiger partial charge in [0.1, 0.15) is 30.2 Å². The van der Waals surface area contributed by atoms with Crippen molar-refractivity contribution in [2.24, 2.45) is 0 Å². The predicted octanol–water partition coefficient (Wildman–Crippen LogP) is 0.294. The van der Waals surface area contributed by atoms with Crippen molar-refractivity contribution in [1.29, 1.82) is 0 Å². The second-order valence-electron chi connectivity index (χ2n) is 7.80. The third kappa shape index (κ3) is 2.66. The third-order valence-corrected chi connectivity index (χ3v) is 6.27. The van der Waals surface area contributed by atoms with Crippen molar-refractivity contribution in [2.75, 3.05) is 12.3 Å². The quantitative estimate of drug-likeness (QED) is 0.493. The zero-order chi connectivity index (χ0) is 20.2. The number of hydrogen-bond acceptors (Lipinski definition) is 8. The Morgan fingerprint density at radius 2 is 2.03 bits per heavy atom. The molecular weight excluding hydrogens is 374 g/mol. The van der Waals surface area contributed by atoms with Gasteiger partial charge in [-0.3, -0.25) is 4.57 Å². The fraction of sp³-hybridized carbons (Fsp3) is 0.450. The largest absolute Gasteiger partial charge is 0.394 e. The van der Waals surface area contributed by atoms with Gasteiger partial charge in [-0.25, -0.2) is 15.0 Å². The Hall–Kier alpha value is -2.59. The minimum atomic E-state index is -1.34. The van der Waals surface area contributed by atoms with Gasteiger partial charge in [-0.15, -0.1) is 0 Å². The Balaban J connectivity index is 1.64. The van der Waals surface area contributed by atoms with E-state index in [-0.39, 0.29) is 11.7 Å². The van der Waals surface area contributed by atoms with Gasteiger partial charge >= 0.3 is 0 Å². The predicted molar refractivity (Wildman–Crippen MR) is 104 cm³/mol. The lowest BCUT2D eigenvalue weighted by Crippen LogP contribution is -2.46. The van der Waals surface area contributed by atoms with Crippen LogP contribution in [-0.2, 0) is 16.9 Å². The summed E-state index contributed by atoms with van der Waals surface area (Å²) in [5.41, 5.74) is 7.89. The highest BCUT2D eigenvalue weighted by Gasteiger charge is 2.57. The molecular formula is C20H23N5O4. The molecule has 1 unspecified atom stereocenters. The van der Waals surface area contributed by atoms with Crippen molar-refractivity contribution in [2.45, 2.75) is 49.2 Å². The zero-order valence-corrected chi connectivity index (χ0v) is 15.7. The second-order valence-corrected chi connectivity index (χ2v) is 7.80. The highest BCUT2D eigenvalue weighted by atomic mass is 16.6. The van der Waals surface area contributed by atoms with Gasteiger partial charge in [0.15, 0.2) is 17.2 Å². The van der Waals surface area contributed by atoms with Crippen molar-refractivity contribution in [3.63, 3.8) is 0 Å². The van der Waals surface area contributed by atoms with Gasteiger partial charge < -0.3 is 25.8 Å². The molecule has 29 heavy (non-hydrogen) atoms. The van der Waals surface area contributed by atoms with Crippen LogP contribution in [0, 0.1) is 0 Å². The van der Waals surface area contributed by atoms with Gasteiger partial charge in [0.2, 0.25) is 0 Å². The smallest absolute Gasteiger partial charge is 0.177 e. The van der Waals surface area contributed by atoms with E-state index in [2.05, 4.69) is 27.1 Å². The van der Waals surface area contributed by atoms with Crippen LogP contribution in [0.4, 0.5) is 5.82 Å². The van der Waals surface area contributed by atoms with Crippen LogP contribution in [0.1, 0.15) is 29.9 Å². The number of aliphatic hydroxyl groups excluding tert-OH is 3. The Morgan fingerprint density at radius 3 is 2.83 bits per heavy atom. The maximum Gasteiger partial charge on any atom is 0.177 e. The standard InChI is InChI=1S/C20H23N5O4/c21-18-15-19(23-9-22-18)25(10-24-15)20(17(28)16(27)14(8-26)29-20)7-12-6-5-11-3-1-2-4-13(11)12/h1-4,9-10,12,14,16-17,26-28H,5-8H2,(H2,21,22,23)/t12?,14-,16-,17-,20-/m1/s1.